The molecule has 25 heavy (non-hydrogen) atoms. The van der Waals surface area contributed by atoms with Gasteiger partial charge in [-0.3, -0.25) is 4.79 Å². The van der Waals surface area contributed by atoms with Crippen LogP contribution in [0.1, 0.15) is 39.2 Å². The molecule has 1 saturated carbocycles. The number of aliphatic hydroxyl groups is 1. The SMILES string of the molecule is CC(C)C(C(=O)NCC1CCCC1O)n1nnc(-c2ccccc2)n1. The molecule has 3 unspecified atom stereocenters. The molecule has 1 aliphatic carbocycles. The van der Waals surface area contributed by atoms with Crippen molar-refractivity contribution in [3.63, 3.8) is 0 Å². The van der Waals surface area contributed by atoms with Crippen molar-refractivity contribution >= 4 is 5.91 Å². The number of benzene rings is 1. The number of nitrogens with one attached hydrogen (secondary N) is 1. The second-order valence-corrected chi connectivity index (χ2v) is 6.99. The predicted octanol–water partition coefficient (Wildman–Crippen LogP) is 1.81. The predicted molar refractivity (Wildman–Crippen MR) is 93.5 cm³/mol. The number of nitrogens with zero attached hydrogens (tertiary/aromatic N) is 4. The third-order valence-corrected chi connectivity index (χ3v) is 4.77. The number of aromatic nitrogens is 4. The minimum atomic E-state index is -0.525. The molecule has 134 valence electrons. The Kier molecular flexibility index (Phi) is 5.43. The summed E-state index contributed by atoms with van der Waals surface area (Å²) in [7, 11) is 0. The second-order valence-electron chi connectivity index (χ2n) is 6.99. The van der Waals surface area contributed by atoms with Gasteiger partial charge >= 0.3 is 0 Å². The van der Waals surface area contributed by atoms with E-state index in [1.165, 1.54) is 4.80 Å². The molecule has 1 heterocycles. The molecule has 1 aliphatic rings. The van der Waals surface area contributed by atoms with Crippen LogP contribution < -0.4 is 5.32 Å². The molecule has 1 amide bonds. The van der Waals surface area contributed by atoms with Crippen molar-refractivity contribution in [2.75, 3.05) is 6.54 Å². The number of hydrogen-bond acceptors (Lipinski definition) is 5. The molecule has 3 rings (SSSR count). The van der Waals surface area contributed by atoms with Crippen LogP contribution in [0.4, 0.5) is 0 Å². The Morgan fingerprint density at radius 2 is 2.08 bits per heavy atom. The number of aliphatic hydroxyl groups excluding tert-OH is 1. The lowest BCUT2D eigenvalue weighted by Gasteiger charge is -2.21. The number of amides is 1. The molecule has 1 fully saturated rings. The lowest BCUT2D eigenvalue weighted by Crippen LogP contribution is -2.40. The molecule has 0 saturated heterocycles. The summed E-state index contributed by atoms with van der Waals surface area (Å²) in [5, 5.41) is 25.4. The largest absolute Gasteiger partial charge is 0.393 e. The van der Waals surface area contributed by atoms with Crippen molar-refractivity contribution in [3.8, 4) is 11.4 Å². The molecule has 0 aliphatic heterocycles. The summed E-state index contributed by atoms with van der Waals surface area (Å²) in [6.45, 7) is 4.41. The van der Waals surface area contributed by atoms with Gasteiger partial charge in [-0.2, -0.15) is 4.80 Å². The van der Waals surface area contributed by atoms with Crippen LogP contribution in [0.15, 0.2) is 30.3 Å². The molecule has 3 atom stereocenters. The maximum atomic E-state index is 12.7. The van der Waals surface area contributed by atoms with Crippen LogP contribution in [0, 0.1) is 11.8 Å². The fourth-order valence-corrected chi connectivity index (χ4v) is 3.31. The van der Waals surface area contributed by atoms with Gasteiger partial charge in [0.1, 0.15) is 0 Å². The first-order valence-corrected chi connectivity index (χ1v) is 8.87. The number of tetrazole rings is 1. The normalized spacial score (nSPS) is 21.4. The second kappa shape index (κ2) is 7.74. The fourth-order valence-electron chi connectivity index (χ4n) is 3.31. The van der Waals surface area contributed by atoms with Gasteiger partial charge in [0.2, 0.25) is 11.7 Å². The maximum Gasteiger partial charge on any atom is 0.247 e. The van der Waals surface area contributed by atoms with E-state index in [0.29, 0.717) is 12.4 Å². The van der Waals surface area contributed by atoms with E-state index in [4.69, 9.17) is 0 Å². The Hall–Kier alpha value is -2.28. The van der Waals surface area contributed by atoms with Gasteiger partial charge in [0, 0.05) is 18.0 Å². The standard InChI is InChI=1S/C18H25N5O2/c1-12(2)16(18(25)19-11-14-9-6-10-15(14)24)23-21-17(20-22-23)13-7-4-3-5-8-13/h3-5,7-8,12,14-16,24H,6,9-11H2,1-2H3,(H,19,25). The van der Waals surface area contributed by atoms with E-state index in [-0.39, 0.29) is 23.8 Å². The van der Waals surface area contributed by atoms with Gasteiger partial charge in [-0.1, -0.05) is 50.6 Å². The lowest BCUT2D eigenvalue weighted by molar-refractivity contribution is -0.126. The van der Waals surface area contributed by atoms with Gasteiger partial charge in [0.05, 0.1) is 6.10 Å². The highest BCUT2D eigenvalue weighted by atomic mass is 16.3. The van der Waals surface area contributed by atoms with Gasteiger partial charge in [-0.15, -0.1) is 10.2 Å². The van der Waals surface area contributed by atoms with E-state index in [1.54, 1.807) is 0 Å². The zero-order chi connectivity index (χ0) is 17.8. The van der Waals surface area contributed by atoms with Crippen molar-refractivity contribution in [1.82, 2.24) is 25.5 Å². The Balaban J connectivity index is 1.70. The Labute approximate surface area is 147 Å². The fraction of sp³-hybridized carbons (Fsp3) is 0.556. The minimum absolute atomic E-state index is 0.0197. The smallest absolute Gasteiger partial charge is 0.247 e. The summed E-state index contributed by atoms with van der Waals surface area (Å²) in [5.41, 5.74) is 0.866. The molecule has 0 bridgehead atoms. The third kappa shape index (κ3) is 4.04. The van der Waals surface area contributed by atoms with E-state index in [9.17, 15) is 9.90 Å². The quantitative estimate of drug-likeness (QED) is 0.834. The molecule has 2 N–H and O–H groups in total. The van der Waals surface area contributed by atoms with Crippen LogP contribution in [0.3, 0.4) is 0 Å². The Morgan fingerprint density at radius 1 is 1.32 bits per heavy atom. The summed E-state index contributed by atoms with van der Waals surface area (Å²) in [4.78, 5) is 14.1. The van der Waals surface area contributed by atoms with Crippen LogP contribution >= 0.6 is 0 Å². The minimum Gasteiger partial charge on any atom is -0.393 e. The van der Waals surface area contributed by atoms with Gasteiger partial charge < -0.3 is 10.4 Å². The highest BCUT2D eigenvalue weighted by Gasteiger charge is 2.30. The van der Waals surface area contributed by atoms with Crippen LogP contribution in [0.2, 0.25) is 0 Å². The third-order valence-electron chi connectivity index (χ3n) is 4.77. The maximum absolute atomic E-state index is 12.7. The number of hydrogen-bond donors (Lipinski definition) is 2. The highest BCUT2D eigenvalue weighted by Crippen LogP contribution is 2.25. The highest BCUT2D eigenvalue weighted by molar-refractivity contribution is 5.80. The molecule has 1 aromatic carbocycles. The summed E-state index contributed by atoms with van der Waals surface area (Å²) < 4.78 is 0. The Bertz CT molecular complexity index is 701. The average molecular weight is 343 g/mol. The number of rotatable bonds is 6. The molecule has 0 spiro atoms. The summed E-state index contributed by atoms with van der Waals surface area (Å²) >= 11 is 0. The van der Waals surface area contributed by atoms with E-state index in [1.807, 2.05) is 44.2 Å². The van der Waals surface area contributed by atoms with Crippen LogP contribution in [-0.2, 0) is 4.79 Å². The monoisotopic (exact) mass is 343 g/mol. The van der Waals surface area contributed by atoms with E-state index < -0.39 is 6.04 Å². The first kappa shape index (κ1) is 17.5. The zero-order valence-electron chi connectivity index (χ0n) is 14.7. The molecule has 1 aromatic heterocycles. The van der Waals surface area contributed by atoms with Crippen molar-refractivity contribution in [2.45, 2.75) is 45.3 Å². The zero-order valence-corrected chi connectivity index (χ0v) is 14.7. The number of carbonyl (C=O) groups excluding carboxylic acids is 1. The van der Waals surface area contributed by atoms with E-state index >= 15 is 0 Å². The topological polar surface area (TPSA) is 92.9 Å². The van der Waals surface area contributed by atoms with Crippen molar-refractivity contribution in [3.05, 3.63) is 30.3 Å². The van der Waals surface area contributed by atoms with Gasteiger partial charge in [0.25, 0.3) is 0 Å². The number of carbonyl (C=O) groups is 1. The molecule has 0 radical (unpaired) electrons. The molecular formula is C18H25N5O2. The van der Waals surface area contributed by atoms with Gasteiger partial charge in [-0.25, -0.2) is 0 Å². The molecule has 2 aromatic rings. The summed E-state index contributed by atoms with van der Waals surface area (Å²) in [6, 6.07) is 9.05. The lowest BCUT2D eigenvalue weighted by atomic mass is 10.0. The summed E-state index contributed by atoms with van der Waals surface area (Å²) in [5.74, 6) is 0.531. The summed E-state index contributed by atoms with van der Waals surface area (Å²) in [6.07, 6.45) is 2.47. The van der Waals surface area contributed by atoms with Crippen LogP contribution in [0.5, 0.6) is 0 Å². The molecular weight excluding hydrogens is 318 g/mol. The average Bonchev–Trinajstić information content (AvgIpc) is 3.23. The van der Waals surface area contributed by atoms with E-state index in [2.05, 4.69) is 20.7 Å². The van der Waals surface area contributed by atoms with Gasteiger partial charge in [-0.05, 0) is 24.0 Å². The molecule has 7 heteroatoms. The Morgan fingerprint density at radius 3 is 2.72 bits per heavy atom. The first-order chi connectivity index (χ1) is 12.1. The van der Waals surface area contributed by atoms with Crippen LogP contribution in [0.25, 0.3) is 11.4 Å². The van der Waals surface area contributed by atoms with Crippen LogP contribution in [-0.4, -0.2) is 43.9 Å². The van der Waals surface area contributed by atoms with Crippen molar-refractivity contribution in [1.29, 1.82) is 0 Å². The first-order valence-electron chi connectivity index (χ1n) is 8.87. The van der Waals surface area contributed by atoms with Crippen molar-refractivity contribution < 1.29 is 9.90 Å². The van der Waals surface area contributed by atoms with Gasteiger partial charge in [0.15, 0.2) is 6.04 Å². The molecule has 7 nitrogen and oxygen atoms in total. The van der Waals surface area contributed by atoms with E-state index in [0.717, 1.165) is 24.8 Å². The van der Waals surface area contributed by atoms with Crippen molar-refractivity contribution in [2.24, 2.45) is 11.8 Å².